The maximum Gasteiger partial charge on any atom is 0.0638 e. The molecule has 18 heavy (non-hydrogen) atoms. The first-order valence-corrected chi connectivity index (χ1v) is 7.56. The lowest BCUT2D eigenvalue weighted by Crippen LogP contribution is -2.47. The molecule has 0 aliphatic carbocycles. The van der Waals surface area contributed by atoms with E-state index in [0.29, 0.717) is 18.5 Å². The topological polar surface area (TPSA) is 39.1 Å². The van der Waals surface area contributed by atoms with Crippen molar-refractivity contribution in [1.29, 1.82) is 5.26 Å². The molecule has 3 atom stereocenters. The molecule has 1 aliphatic rings. The van der Waals surface area contributed by atoms with E-state index in [-0.39, 0.29) is 0 Å². The summed E-state index contributed by atoms with van der Waals surface area (Å²) in [5.74, 6) is 0.748. The number of piperidine rings is 1. The Labute approximate surface area is 113 Å². The summed E-state index contributed by atoms with van der Waals surface area (Å²) in [4.78, 5) is 2.59. The molecule has 1 fully saturated rings. The fourth-order valence-electron chi connectivity index (χ4n) is 2.96. The van der Waals surface area contributed by atoms with E-state index >= 15 is 0 Å². The first-order valence-electron chi connectivity index (χ1n) is 7.56. The highest BCUT2D eigenvalue weighted by atomic mass is 15.1. The Morgan fingerprint density at radius 3 is 2.83 bits per heavy atom. The zero-order valence-corrected chi connectivity index (χ0v) is 12.3. The molecule has 0 bridgehead atoms. The van der Waals surface area contributed by atoms with Crippen LogP contribution in [-0.4, -0.2) is 36.6 Å². The van der Waals surface area contributed by atoms with Crippen molar-refractivity contribution in [2.45, 2.75) is 65.0 Å². The molecule has 0 aromatic heterocycles. The van der Waals surface area contributed by atoms with Gasteiger partial charge in [0.25, 0.3) is 0 Å². The number of nitrogens with one attached hydrogen (secondary N) is 1. The molecule has 0 spiro atoms. The van der Waals surface area contributed by atoms with E-state index in [1.807, 2.05) is 0 Å². The number of hydrogen-bond donors (Lipinski definition) is 1. The van der Waals surface area contributed by atoms with Gasteiger partial charge in [-0.2, -0.15) is 5.26 Å². The van der Waals surface area contributed by atoms with Crippen molar-refractivity contribution >= 4 is 0 Å². The van der Waals surface area contributed by atoms with Crippen LogP contribution in [0, 0.1) is 17.2 Å². The minimum atomic E-state index is 0.367. The van der Waals surface area contributed by atoms with E-state index in [0.717, 1.165) is 12.3 Å². The number of nitrogens with zero attached hydrogens (tertiary/aromatic N) is 2. The van der Waals surface area contributed by atoms with E-state index < -0.39 is 0 Å². The van der Waals surface area contributed by atoms with Crippen molar-refractivity contribution in [3.05, 3.63) is 0 Å². The van der Waals surface area contributed by atoms with Gasteiger partial charge in [0.15, 0.2) is 0 Å². The molecular weight excluding hydrogens is 222 g/mol. The standard InChI is InChI=1S/C15H29N3/c1-4-10-18-11-6-7-14(12-18)13(3)17-15(5-2)8-9-16/h13-15,17H,4-8,10-12H2,1-3H3. The molecule has 3 heteroatoms. The van der Waals surface area contributed by atoms with Crippen molar-refractivity contribution in [2.24, 2.45) is 5.92 Å². The van der Waals surface area contributed by atoms with Gasteiger partial charge in [-0.05, 0) is 51.6 Å². The van der Waals surface area contributed by atoms with Crippen LogP contribution in [0.5, 0.6) is 0 Å². The SMILES string of the molecule is CCCN1CCCC(C(C)NC(CC)CC#N)C1. The van der Waals surface area contributed by atoms with Crippen LogP contribution in [0.1, 0.15) is 52.9 Å². The highest BCUT2D eigenvalue weighted by molar-refractivity contribution is 4.86. The third kappa shape index (κ3) is 4.96. The Kier molecular flexibility index (Phi) is 7.31. The lowest BCUT2D eigenvalue weighted by atomic mass is 9.90. The van der Waals surface area contributed by atoms with Gasteiger partial charge in [0.2, 0.25) is 0 Å². The fourth-order valence-corrected chi connectivity index (χ4v) is 2.96. The van der Waals surface area contributed by atoms with Gasteiger partial charge >= 0.3 is 0 Å². The molecule has 1 heterocycles. The lowest BCUT2D eigenvalue weighted by molar-refractivity contribution is 0.146. The zero-order chi connectivity index (χ0) is 13.4. The summed E-state index contributed by atoms with van der Waals surface area (Å²) in [7, 11) is 0. The van der Waals surface area contributed by atoms with E-state index in [1.54, 1.807) is 0 Å². The second kappa shape index (κ2) is 8.50. The number of hydrogen-bond acceptors (Lipinski definition) is 3. The van der Waals surface area contributed by atoms with Crippen LogP contribution < -0.4 is 5.32 Å². The smallest absolute Gasteiger partial charge is 0.0638 e. The molecule has 3 nitrogen and oxygen atoms in total. The molecule has 1 rings (SSSR count). The average molecular weight is 251 g/mol. The van der Waals surface area contributed by atoms with Gasteiger partial charge in [0.1, 0.15) is 0 Å². The van der Waals surface area contributed by atoms with Crippen molar-refractivity contribution < 1.29 is 0 Å². The quantitative estimate of drug-likeness (QED) is 0.756. The van der Waals surface area contributed by atoms with Crippen molar-refractivity contribution in [1.82, 2.24) is 10.2 Å². The van der Waals surface area contributed by atoms with Crippen molar-refractivity contribution in [2.75, 3.05) is 19.6 Å². The molecular formula is C15H29N3. The third-order valence-corrected chi connectivity index (χ3v) is 4.12. The fraction of sp³-hybridized carbons (Fsp3) is 0.933. The molecule has 1 N–H and O–H groups in total. The van der Waals surface area contributed by atoms with Crippen LogP contribution in [0.25, 0.3) is 0 Å². The Morgan fingerprint density at radius 2 is 2.22 bits per heavy atom. The second-order valence-electron chi connectivity index (χ2n) is 5.63. The molecule has 0 amide bonds. The van der Waals surface area contributed by atoms with Crippen molar-refractivity contribution in [3.8, 4) is 6.07 Å². The Balaban J connectivity index is 2.40. The van der Waals surface area contributed by atoms with E-state index in [1.165, 1.54) is 38.9 Å². The number of likely N-dealkylation sites (tertiary alicyclic amines) is 1. The summed E-state index contributed by atoms with van der Waals surface area (Å²) in [6.45, 7) is 10.4. The van der Waals surface area contributed by atoms with Crippen LogP contribution in [0.15, 0.2) is 0 Å². The second-order valence-corrected chi connectivity index (χ2v) is 5.63. The highest BCUT2D eigenvalue weighted by Crippen LogP contribution is 2.20. The van der Waals surface area contributed by atoms with Crippen LogP contribution >= 0.6 is 0 Å². The first-order chi connectivity index (χ1) is 8.71. The third-order valence-electron chi connectivity index (χ3n) is 4.12. The van der Waals surface area contributed by atoms with Crippen LogP contribution in [0.3, 0.4) is 0 Å². The normalized spacial score (nSPS) is 24.4. The monoisotopic (exact) mass is 251 g/mol. The summed E-state index contributed by atoms with van der Waals surface area (Å²) < 4.78 is 0. The van der Waals surface area contributed by atoms with Gasteiger partial charge < -0.3 is 10.2 Å². The summed E-state index contributed by atoms with van der Waals surface area (Å²) in [5.41, 5.74) is 0. The van der Waals surface area contributed by atoms with E-state index in [2.05, 4.69) is 37.1 Å². The molecule has 0 radical (unpaired) electrons. The summed E-state index contributed by atoms with van der Waals surface area (Å²) in [5, 5.41) is 12.5. The summed E-state index contributed by atoms with van der Waals surface area (Å²) in [6.07, 6.45) is 5.58. The van der Waals surface area contributed by atoms with E-state index in [9.17, 15) is 0 Å². The maximum atomic E-state index is 8.80. The Hall–Kier alpha value is -0.590. The molecule has 1 saturated heterocycles. The van der Waals surface area contributed by atoms with Gasteiger partial charge in [0, 0.05) is 18.6 Å². The lowest BCUT2D eigenvalue weighted by Gasteiger charge is -2.37. The summed E-state index contributed by atoms with van der Waals surface area (Å²) in [6, 6.07) is 3.18. The largest absolute Gasteiger partial charge is 0.310 e. The molecule has 1 aliphatic heterocycles. The van der Waals surface area contributed by atoms with Gasteiger partial charge in [0.05, 0.1) is 12.5 Å². The average Bonchev–Trinajstić information content (AvgIpc) is 2.39. The van der Waals surface area contributed by atoms with Gasteiger partial charge in [-0.1, -0.05) is 13.8 Å². The zero-order valence-electron chi connectivity index (χ0n) is 12.3. The van der Waals surface area contributed by atoms with Crippen LogP contribution in [-0.2, 0) is 0 Å². The van der Waals surface area contributed by atoms with Gasteiger partial charge in [-0.15, -0.1) is 0 Å². The molecule has 3 unspecified atom stereocenters. The van der Waals surface area contributed by atoms with Gasteiger partial charge in [-0.3, -0.25) is 0 Å². The first kappa shape index (κ1) is 15.5. The Morgan fingerprint density at radius 1 is 1.44 bits per heavy atom. The number of rotatable bonds is 7. The van der Waals surface area contributed by atoms with Crippen molar-refractivity contribution in [3.63, 3.8) is 0 Å². The minimum Gasteiger partial charge on any atom is -0.310 e. The molecule has 0 aromatic carbocycles. The molecule has 0 aromatic rings. The predicted molar refractivity (Wildman–Crippen MR) is 76.4 cm³/mol. The number of nitriles is 1. The van der Waals surface area contributed by atoms with Crippen LogP contribution in [0.4, 0.5) is 0 Å². The molecule has 0 saturated carbocycles. The maximum absolute atomic E-state index is 8.80. The highest BCUT2D eigenvalue weighted by Gasteiger charge is 2.25. The summed E-state index contributed by atoms with van der Waals surface area (Å²) >= 11 is 0. The predicted octanol–water partition coefficient (Wildman–Crippen LogP) is 2.78. The molecule has 104 valence electrons. The Bertz CT molecular complexity index is 257. The minimum absolute atomic E-state index is 0.367. The van der Waals surface area contributed by atoms with E-state index in [4.69, 9.17) is 5.26 Å². The van der Waals surface area contributed by atoms with Gasteiger partial charge in [-0.25, -0.2) is 0 Å². The van der Waals surface area contributed by atoms with Crippen LogP contribution in [0.2, 0.25) is 0 Å².